The van der Waals surface area contributed by atoms with Gasteiger partial charge in [-0.2, -0.15) is 0 Å². The number of rotatable bonds is 8. The monoisotopic (exact) mass is 496 g/mol. The highest BCUT2D eigenvalue weighted by Gasteiger charge is 2.30. The molecule has 1 heterocycles. The van der Waals surface area contributed by atoms with E-state index in [1.165, 1.54) is 15.3 Å². The molecular formula is C26H28N2O4S2. The van der Waals surface area contributed by atoms with Crippen LogP contribution in [-0.2, 0) is 21.2 Å². The third-order valence-electron chi connectivity index (χ3n) is 5.93. The van der Waals surface area contributed by atoms with Crippen molar-refractivity contribution in [2.75, 3.05) is 23.7 Å². The summed E-state index contributed by atoms with van der Waals surface area (Å²) < 4.78 is 33.6. The molecule has 4 rings (SSSR count). The minimum atomic E-state index is -3.68. The van der Waals surface area contributed by atoms with Crippen molar-refractivity contribution in [1.82, 2.24) is 5.32 Å². The van der Waals surface area contributed by atoms with Gasteiger partial charge in [0.25, 0.3) is 15.9 Å². The van der Waals surface area contributed by atoms with Gasteiger partial charge in [0.15, 0.2) is 6.61 Å². The molecule has 1 amide bonds. The quantitative estimate of drug-likeness (QED) is 0.457. The minimum Gasteiger partial charge on any atom is -0.484 e. The van der Waals surface area contributed by atoms with E-state index in [2.05, 4.69) is 5.32 Å². The SMILES string of the molecule is CSc1ccc(C(C)NC(=O)COc2ccc(S(=O)(=O)N3CCc4ccccc43)cc2C)cc1. The highest BCUT2D eigenvalue weighted by atomic mass is 32.2. The van der Waals surface area contributed by atoms with Gasteiger partial charge in [0.2, 0.25) is 0 Å². The Labute approximate surface area is 205 Å². The first kappa shape index (κ1) is 24.2. The first-order valence-electron chi connectivity index (χ1n) is 11.1. The molecule has 6 nitrogen and oxygen atoms in total. The zero-order chi connectivity index (χ0) is 24.3. The predicted octanol–water partition coefficient (Wildman–Crippen LogP) is 4.72. The van der Waals surface area contributed by atoms with Crippen molar-refractivity contribution in [1.29, 1.82) is 0 Å². The molecule has 3 aromatic carbocycles. The van der Waals surface area contributed by atoms with Crippen LogP contribution < -0.4 is 14.4 Å². The first-order chi connectivity index (χ1) is 16.3. The second-order valence-electron chi connectivity index (χ2n) is 8.23. The van der Waals surface area contributed by atoms with Gasteiger partial charge in [-0.15, -0.1) is 11.8 Å². The number of anilines is 1. The number of hydrogen-bond acceptors (Lipinski definition) is 5. The van der Waals surface area contributed by atoms with Crippen molar-refractivity contribution < 1.29 is 17.9 Å². The third-order valence-corrected chi connectivity index (χ3v) is 8.48. The minimum absolute atomic E-state index is 0.149. The standard InChI is InChI=1S/C26H28N2O4S2/c1-18-16-23(34(30,31)28-15-14-21-6-4-5-7-24(21)28)12-13-25(18)32-17-26(29)27-19(2)20-8-10-22(33-3)11-9-20/h4-13,16,19H,14-15,17H2,1-3H3,(H,27,29). The fraction of sp³-hybridized carbons (Fsp3) is 0.269. The Kier molecular flexibility index (Phi) is 7.19. The van der Waals surface area contributed by atoms with Crippen LogP contribution in [0.2, 0.25) is 0 Å². The van der Waals surface area contributed by atoms with Crippen LogP contribution in [0.4, 0.5) is 5.69 Å². The second kappa shape index (κ2) is 10.1. The van der Waals surface area contributed by atoms with Crippen LogP contribution in [0.3, 0.4) is 0 Å². The summed E-state index contributed by atoms with van der Waals surface area (Å²) in [6.45, 7) is 3.98. The summed E-state index contributed by atoms with van der Waals surface area (Å²) in [5.41, 5.74) is 3.43. The molecule has 0 fully saturated rings. The molecule has 1 unspecified atom stereocenters. The van der Waals surface area contributed by atoms with E-state index in [9.17, 15) is 13.2 Å². The number of nitrogens with zero attached hydrogens (tertiary/aromatic N) is 1. The summed E-state index contributed by atoms with van der Waals surface area (Å²) in [5, 5.41) is 2.93. The van der Waals surface area contributed by atoms with Gasteiger partial charge in [0, 0.05) is 11.4 Å². The Morgan fingerprint density at radius 2 is 1.85 bits per heavy atom. The zero-order valence-electron chi connectivity index (χ0n) is 19.4. The molecule has 0 spiro atoms. The smallest absolute Gasteiger partial charge is 0.264 e. The molecule has 0 radical (unpaired) electrons. The van der Waals surface area contributed by atoms with Crippen LogP contribution in [-0.4, -0.2) is 33.7 Å². The van der Waals surface area contributed by atoms with Crippen LogP contribution in [0.5, 0.6) is 5.75 Å². The number of carbonyl (C=O) groups is 1. The summed E-state index contributed by atoms with van der Waals surface area (Å²) >= 11 is 1.67. The largest absolute Gasteiger partial charge is 0.484 e. The lowest BCUT2D eigenvalue weighted by Crippen LogP contribution is -2.31. The maximum atomic E-state index is 13.2. The average molecular weight is 497 g/mol. The van der Waals surface area contributed by atoms with Crippen molar-refractivity contribution >= 4 is 33.4 Å². The van der Waals surface area contributed by atoms with Crippen molar-refractivity contribution in [2.45, 2.75) is 36.1 Å². The fourth-order valence-electron chi connectivity index (χ4n) is 4.03. The van der Waals surface area contributed by atoms with E-state index in [0.717, 1.165) is 16.8 Å². The summed E-state index contributed by atoms with van der Waals surface area (Å²) in [4.78, 5) is 13.8. The Hall–Kier alpha value is -2.97. The van der Waals surface area contributed by atoms with E-state index in [1.54, 1.807) is 30.8 Å². The number of aryl methyl sites for hydroxylation is 1. The topological polar surface area (TPSA) is 75.7 Å². The number of sulfonamides is 1. The van der Waals surface area contributed by atoms with Gasteiger partial charge in [-0.05, 0) is 79.6 Å². The molecule has 1 aliphatic heterocycles. The van der Waals surface area contributed by atoms with Gasteiger partial charge >= 0.3 is 0 Å². The summed E-state index contributed by atoms with van der Waals surface area (Å²) in [5.74, 6) is 0.235. The van der Waals surface area contributed by atoms with Gasteiger partial charge in [-0.3, -0.25) is 9.10 Å². The second-order valence-corrected chi connectivity index (χ2v) is 11.0. The molecule has 1 atom stereocenters. The maximum Gasteiger partial charge on any atom is 0.264 e. The third kappa shape index (κ3) is 5.08. The number of para-hydroxylation sites is 1. The Morgan fingerprint density at radius 3 is 2.56 bits per heavy atom. The molecule has 178 valence electrons. The van der Waals surface area contributed by atoms with Crippen LogP contribution >= 0.6 is 11.8 Å². The lowest BCUT2D eigenvalue weighted by atomic mass is 10.1. The maximum absolute atomic E-state index is 13.2. The number of benzene rings is 3. The van der Waals surface area contributed by atoms with E-state index in [0.29, 0.717) is 24.3 Å². The number of ether oxygens (including phenoxy) is 1. The molecule has 34 heavy (non-hydrogen) atoms. The van der Waals surface area contributed by atoms with E-state index in [4.69, 9.17) is 4.74 Å². The van der Waals surface area contributed by atoms with Gasteiger partial charge in [0.05, 0.1) is 16.6 Å². The molecule has 8 heteroatoms. The van der Waals surface area contributed by atoms with Gasteiger partial charge in [-0.1, -0.05) is 30.3 Å². The summed E-state index contributed by atoms with van der Waals surface area (Å²) in [6.07, 6.45) is 2.72. The van der Waals surface area contributed by atoms with Crippen LogP contribution in [0.25, 0.3) is 0 Å². The number of nitrogens with one attached hydrogen (secondary N) is 1. The van der Waals surface area contributed by atoms with E-state index < -0.39 is 10.0 Å². The zero-order valence-corrected chi connectivity index (χ0v) is 21.1. The molecule has 0 bridgehead atoms. The van der Waals surface area contributed by atoms with Crippen molar-refractivity contribution in [3.63, 3.8) is 0 Å². The highest BCUT2D eigenvalue weighted by Crippen LogP contribution is 2.33. The van der Waals surface area contributed by atoms with Crippen LogP contribution in [0.1, 0.15) is 29.7 Å². The lowest BCUT2D eigenvalue weighted by Gasteiger charge is -2.20. The van der Waals surface area contributed by atoms with E-state index in [1.807, 2.05) is 61.7 Å². The number of hydrogen-bond donors (Lipinski definition) is 1. The molecule has 0 saturated carbocycles. The molecule has 0 aliphatic carbocycles. The average Bonchev–Trinajstić information content (AvgIpc) is 3.28. The molecule has 3 aromatic rings. The lowest BCUT2D eigenvalue weighted by molar-refractivity contribution is -0.123. The fourth-order valence-corrected chi connectivity index (χ4v) is 6.03. The van der Waals surface area contributed by atoms with Crippen LogP contribution in [0, 0.1) is 6.92 Å². The molecule has 1 aliphatic rings. The number of fused-ring (bicyclic) bond motifs is 1. The Balaban J connectivity index is 1.39. The van der Waals surface area contributed by atoms with Crippen molar-refractivity contribution in [3.05, 3.63) is 83.4 Å². The number of amides is 1. The van der Waals surface area contributed by atoms with Gasteiger partial charge in [0.1, 0.15) is 5.75 Å². The van der Waals surface area contributed by atoms with Crippen molar-refractivity contribution in [3.8, 4) is 5.75 Å². The summed E-state index contributed by atoms with van der Waals surface area (Å²) in [7, 11) is -3.68. The van der Waals surface area contributed by atoms with Gasteiger partial charge < -0.3 is 10.1 Å². The molecule has 0 saturated heterocycles. The Bertz CT molecular complexity index is 1290. The highest BCUT2D eigenvalue weighted by molar-refractivity contribution is 7.98. The normalized spacial score (nSPS) is 13.9. The number of carbonyl (C=O) groups excluding carboxylic acids is 1. The van der Waals surface area contributed by atoms with Crippen LogP contribution in [0.15, 0.2) is 76.5 Å². The van der Waals surface area contributed by atoms with Crippen molar-refractivity contribution in [2.24, 2.45) is 0 Å². The van der Waals surface area contributed by atoms with E-state index in [-0.39, 0.29) is 23.5 Å². The predicted molar refractivity (Wildman–Crippen MR) is 136 cm³/mol. The number of thioether (sulfide) groups is 1. The molecular weight excluding hydrogens is 468 g/mol. The first-order valence-corrected chi connectivity index (χ1v) is 13.7. The summed E-state index contributed by atoms with van der Waals surface area (Å²) in [6, 6.07) is 20.2. The molecule has 1 N–H and O–H groups in total. The molecule has 0 aromatic heterocycles. The van der Waals surface area contributed by atoms with Gasteiger partial charge in [-0.25, -0.2) is 8.42 Å². The van der Waals surface area contributed by atoms with E-state index >= 15 is 0 Å². The Morgan fingerprint density at radius 1 is 1.12 bits per heavy atom.